The molecule has 1 atom stereocenters. The molecule has 0 spiro atoms. The lowest BCUT2D eigenvalue weighted by atomic mass is 9.88. The van der Waals surface area contributed by atoms with Gasteiger partial charge in [-0.2, -0.15) is 0 Å². The minimum atomic E-state index is -0.610. The summed E-state index contributed by atoms with van der Waals surface area (Å²) in [5, 5.41) is 0. The molecule has 3 nitrogen and oxygen atoms in total. The number of allylic oxidation sites excluding steroid dienone is 1. The SMILES string of the molecule is CCOC(=O)C(CC)Oc1ccc(C(=C(CCCl)c2ccccc2)c2ccccc2)cc1. The summed E-state index contributed by atoms with van der Waals surface area (Å²) in [4.78, 5) is 12.1. The van der Waals surface area contributed by atoms with E-state index < -0.39 is 6.10 Å². The molecule has 0 aliphatic carbocycles. The molecule has 0 aliphatic rings. The minimum absolute atomic E-state index is 0.336. The Labute approximate surface area is 195 Å². The van der Waals surface area contributed by atoms with Crippen molar-refractivity contribution in [3.63, 3.8) is 0 Å². The normalized spacial score (nSPS) is 12.6. The van der Waals surface area contributed by atoms with Gasteiger partial charge in [0.15, 0.2) is 6.10 Å². The first-order chi connectivity index (χ1) is 15.7. The summed E-state index contributed by atoms with van der Waals surface area (Å²) in [6.45, 7) is 4.04. The van der Waals surface area contributed by atoms with E-state index in [0.29, 0.717) is 24.7 Å². The average Bonchev–Trinajstić information content (AvgIpc) is 2.84. The van der Waals surface area contributed by atoms with Gasteiger partial charge < -0.3 is 9.47 Å². The van der Waals surface area contributed by atoms with Crippen molar-refractivity contribution in [1.29, 1.82) is 0 Å². The van der Waals surface area contributed by atoms with Crippen molar-refractivity contribution in [2.45, 2.75) is 32.8 Å². The van der Waals surface area contributed by atoms with Gasteiger partial charge >= 0.3 is 5.97 Å². The zero-order chi connectivity index (χ0) is 22.8. The maximum atomic E-state index is 12.1. The zero-order valence-electron chi connectivity index (χ0n) is 18.6. The number of esters is 1. The third-order valence-corrected chi connectivity index (χ3v) is 5.36. The molecule has 0 aromatic heterocycles. The van der Waals surface area contributed by atoms with Crippen molar-refractivity contribution in [1.82, 2.24) is 0 Å². The third kappa shape index (κ3) is 6.02. The molecule has 0 amide bonds. The molecule has 166 valence electrons. The molecular formula is C28H29ClO3. The second-order valence-electron chi connectivity index (χ2n) is 7.32. The molecule has 0 heterocycles. The van der Waals surface area contributed by atoms with Gasteiger partial charge in [-0.05, 0) is 59.7 Å². The molecule has 32 heavy (non-hydrogen) atoms. The molecule has 0 saturated heterocycles. The van der Waals surface area contributed by atoms with Crippen LogP contribution in [0.5, 0.6) is 5.75 Å². The summed E-state index contributed by atoms with van der Waals surface area (Å²) in [6.07, 6.45) is 0.680. The van der Waals surface area contributed by atoms with Gasteiger partial charge in [-0.1, -0.05) is 79.7 Å². The van der Waals surface area contributed by atoms with E-state index in [1.807, 2.05) is 67.6 Å². The average molecular weight is 449 g/mol. The van der Waals surface area contributed by atoms with Gasteiger partial charge in [0.2, 0.25) is 0 Å². The Balaban J connectivity index is 2.02. The molecular weight excluding hydrogens is 420 g/mol. The molecule has 3 aromatic rings. The fourth-order valence-corrected chi connectivity index (χ4v) is 3.85. The number of halogens is 1. The first-order valence-corrected chi connectivity index (χ1v) is 11.5. The van der Waals surface area contributed by atoms with Crippen molar-refractivity contribution in [2.24, 2.45) is 0 Å². The molecule has 1 unspecified atom stereocenters. The molecule has 3 aromatic carbocycles. The van der Waals surface area contributed by atoms with Crippen LogP contribution in [0.2, 0.25) is 0 Å². The maximum absolute atomic E-state index is 12.1. The summed E-state index contributed by atoms with van der Waals surface area (Å²) in [5.74, 6) is 0.830. The Kier molecular flexibility index (Phi) is 8.94. The fourth-order valence-electron chi connectivity index (χ4n) is 3.67. The molecule has 0 radical (unpaired) electrons. The summed E-state index contributed by atoms with van der Waals surface area (Å²) in [7, 11) is 0. The van der Waals surface area contributed by atoms with Crippen molar-refractivity contribution < 1.29 is 14.3 Å². The summed E-state index contributed by atoms with van der Waals surface area (Å²) >= 11 is 6.22. The molecule has 0 saturated carbocycles. The molecule has 0 N–H and O–H groups in total. The summed E-state index contributed by atoms with van der Waals surface area (Å²) < 4.78 is 11.0. The maximum Gasteiger partial charge on any atom is 0.347 e. The summed E-state index contributed by atoms with van der Waals surface area (Å²) in [6, 6.07) is 28.6. The van der Waals surface area contributed by atoms with Gasteiger partial charge in [0.05, 0.1) is 6.61 Å². The highest BCUT2D eigenvalue weighted by molar-refractivity contribution is 6.18. The first kappa shape index (κ1) is 23.6. The number of carbonyl (C=O) groups is 1. The van der Waals surface area contributed by atoms with Crippen LogP contribution in [0.15, 0.2) is 84.9 Å². The topological polar surface area (TPSA) is 35.5 Å². The monoisotopic (exact) mass is 448 g/mol. The number of hydrogen-bond acceptors (Lipinski definition) is 3. The van der Waals surface area contributed by atoms with Gasteiger partial charge in [0.25, 0.3) is 0 Å². The Morgan fingerprint density at radius 1 is 0.812 bits per heavy atom. The second-order valence-corrected chi connectivity index (χ2v) is 7.69. The lowest BCUT2D eigenvalue weighted by Gasteiger charge is -2.18. The third-order valence-electron chi connectivity index (χ3n) is 5.17. The van der Waals surface area contributed by atoms with Crippen molar-refractivity contribution in [3.05, 3.63) is 102 Å². The number of ether oxygens (including phenoxy) is 2. The van der Waals surface area contributed by atoms with E-state index in [9.17, 15) is 4.79 Å². The predicted molar refractivity (Wildman–Crippen MR) is 132 cm³/mol. The molecule has 0 bridgehead atoms. The van der Waals surface area contributed by atoms with Crippen molar-refractivity contribution >= 4 is 28.7 Å². The van der Waals surface area contributed by atoms with E-state index in [1.54, 1.807) is 6.92 Å². The minimum Gasteiger partial charge on any atom is -0.479 e. The Morgan fingerprint density at radius 3 is 1.91 bits per heavy atom. The van der Waals surface area contributed by atoms with Crippen LogP contribution in [0.25, 0.3) is 11.1 Å². The molecule has 0 aliphatic heterocycles. The van der Waals surface area contributed by atoms with E-state index in [0.717, 1.165) is 28.7 Å². The van der Waals surface area contributed by atoms with E-state index in [-0.39, 0.29) is 5.97 Å². The first-order valence-electron chi connectivity index (χ1n) is 11.0. The molecule has 3 rings (SSSR count). The van der Waals surface area contributed by atoms with Crippen molar-refractivity contribution in [2.75, 3.05) is 12.5 Å². The smallest absolute Gasteiger partial charge is 0.347 e. The number of benzene rings is 3. The lowest BCUT2D eigenvalue weighted by molar-refractivity contribution is -0.151. The van der Waals surface area contributed by atoms with Gasteiger partial charge in [-0.15, -0.1) is 11.6 Å². The van der Waals surface area contributed by atoms with Crippen LogP contribution >= 0.6 is 11.6 Å². The van der Waals surface area contributed by atoms with Crippen LogP contribution in [0.4, 0.5) is 0 Å². The van der Waals surface area contributed by atoms with Crippen LogP contribution < -0.4 is 4.74 Å². The molecule has 4 heteroatoms. The highest BCUT2D eigenvalue weighted by Gasteiger charge is 2.20. The van der Waals surface area contributed by atoms with E-state index >= 15 is 0 Å². The van der Waals surface area contributed by atoms with Crippen LogP contribution in [-0.4, -0.2) is 24.6 Å². The van der Waals surface area contributed by atoms with Crippen molar-refractivity contribution in [3.8, 4) is 5.75 Å². The van der Waals surface area contributed by atoms with Gasteiger partial charge in [0, 0.05) is 5.88 Å². The Hall–Kier alpha value is -3.04. The summed E-state index contributed by atoms with van der Waals surface area (Å²) in [5.41, 5.74) is 5.68. The Bertz CT molecular complexity index is 1010. The van der Waals surface area contributed by atoms with Crippen LogP contribution in [0, 0.1) is 0 Å². The highest BCUT2D eigenvalue weighted by Crippen LogP contribution is 2.35. The second kappa shape index (κ2) is 12.1. The van der Waals surface area contributed by atoms with Crippen LogP contribution in [0.3, 0.4) is 0 Å². The van der Waals surface area contributed by atoms with E-state index in [2.05, 4.69) is 24.3 Å². The number of hydrogen-bond donors (Lipinski definition) is 0. The quantitative estimate of drug-likeness (QED) is 0.190. The van der Waals surface area contributed by atoms with Crippen LogP contribution in [0.1, 0.15) is 43.4 Å². The highest BCUT2D eigenvalue weighted by atomic mass is 35.5. The predicted octanol–water partition coefficient (Wildman–Crippen LogP) is 7.00. The van der Waals surface area contributed by atoms with E-state index in [4.69, 9.17) is 21.1 Å². The number of alkyl halides is 1. The number of rotatable bonds is 10. The molecule has 0 fully saturated rings. The van der Waals surface area contributed by atoms with Crippen LogP contribution in [-0.2, 0) is 9.53 Å². The number of carbonyl (C=O) groups excluding carboxylic acids is 1. The van der Waals surface area contributed by atoms with Gasteiger partial charge in [-0.25, -0.2) is 4.79 Å². The van der Waals surface area contributed by atoms with Gasteiger partial charge in [0.1, 0.15) is 5.75 Å². The van der Waals surface area contributed by atoms with Gasteiger partial charge in [-0.3, -0.25) is 0 Å². The zero-order valence-corrected chi connectivity index (χ0v) is 19.3. The Morgan fingerprint density at radius 2 is 1.38 bits per heavy atom. The largest absolute Gasteiger partial charge is 0.479 e. The fraction of sp³-hybridized carbons (Fsp3) is 0.250. The lowest BCUT2D eigenvalue weighted by Crippen LogP contribution is -2.28. The standard InChI is InChI=1S/C28H29ClO3/c1-3-26(28(30)31-4-2)32-24-17-15-23(16-18-24)27(22-13-9-6-10-14-22)25(19-20-29)21-11-7-5-8-12-21/h5-18,26H,3-4,19-20H2,1-2H3. The van der Waals surface area contributed by atoms with E-state index in [1.165, 1.54) is 5.57 Å².